The second-order valence-corrected chi connectivity index (χ2v) is 6.82. The van der Waals surface area contributed by atoms with Crippen LogP contribution in [-0.4, -0.2) is 14.2 Å². The highest BCUT2D eigenvalue weighted by molar-refractivity contribution is 9.10. The van der Waals surface area contributed by atoms with Crippen molar-refractivity contribution in [3.63, 3.8) is 0 Å². The molecule has 0 spiro atoms. The van der Waals surface area contributed by atoms with Gasteiger partial charge in [-0.2, -0.15) is 0 Å². The zero-order chi connectivity index (χ0) is 11.5. The molecule has 0 fully saturated rings. The van der Waals surface area contributed by atoms with Gasteiger partial charge in [-0.1, -0.05) is 30.3 Å². The summed E-state index contributed by atoms with van der Waals surface area (Å²) in [6, 6.07) is 8.01. The van der Waals surface area contributed by atoms with Gasteiger partial charge in [-0.3, -0.25) is 4.57 Å². The molecule has 1 rings (SSSR count). The molecule has 0 amide bonds. The quantitative estimate of drug-likeness (QED) is 0.628. The SMILES string of the molecule is COP(=O)(OC)C(F)(Br)c1ccccc1. The van der Waals surface area contributed by atoms with Crippen molar-refractivity contribution in [2.45, 2.75) is 4.32 Å². The third-order valence-electron chi connectivity index (χ3n) is 1.95. The molecule has 15 heavy (non-hydrogen) atoms. The number of benzene rings is 1. The minimum Gasteiger partial charge on any atom is -0.309 e. The Balaban J connectivity index is 3.18. The third kappa shape index (κ3) is 2.31. The lowest BCUT2D eigenvalue weighted by Crippen LogP contribution is -2.14. The Hall–Kier alpha value is -0.220. The number of halogens is 2. The molecule has 0 radical (unpaired) electrons. The third-order valence-corrected chi connectivity index (χ3v) is 5.61. The van der Waals surface area contributed by atoms with Crippen molar-refractivity contribution in [1.29, 1.82) is 0 Å². The first kappa shape index (κ1) is 12.8. The molecule has 0 aliphatic heterocycles. The summed E-state index contributed by atoms with van der Waals surface area (Å²) in [6.45, 7) is 0. The standard InChI is InChI=1S/C9H11BrFO3P/c1-13-15(12,14-2)9(10,11)8-6-4-3-5-7-8/h3-7H,1-2H3. The largest absolute Gasteiger partial charge is 0.382 e. The molecule has 0 aromatic heterocycles. The van der Waals surface area contributed by atoms with Crippen LogP contribution in [0.4, 0.5) is 4.39 Å². The van der Waals surface area contributed by atoms with Gasteiger partial charge >= 0.3 is 7.60 Å². The maximum Gasteiger partial charge on any atom is 0.382 e. The maximum atomic E-state index is 14.3. The van der Waals surface area contributed by atoms with Crippen LogP contribution >= 0.6 is 23.5 Å². The van der Waals surface area contributed by atoms with Crippen molar-refractivity contribution in [1.82, 2.24) is 0 Å². The van der Waals surface area contributed by atoms with Crippen molar-refractivity contribution >= 4 is 23.5 Å². The summed E-state index contributed by atoms with van der Waals surface area (Å²) in [7, 11) is -1.57. The monoisotopic (exact) mass is 296 g/mol. The second kappa shape index (κ2) is 4.74. The summed E-state index contributed by atoms with van der Waals surface area (Å²) in [5, 5.41) is 0. The van der Waals surface area contributed by atoms with Crippen molar-refractivity contribution in [3.05, 3.63) is 35.9 Å². The molecule has 1 unspecified atom stereocenters. The van der Waals surface area contributed by atoms with E-state index in [0.717, 1.165) is 14.2 Å². The lowest BCUT2D eigenvalue weighted by Gasteiger charge is -2.25. The van der Waals surface area contributed by atoms with Crippen LogP contribution in [-0.2, 0) is 17.9 Å². The molecule has 0 bridgehead atoms. The van der Waals surface area contributed by atoms with Gasteiger partial charge in [0, 0.05) is 19.8 Å². The molecular formula is C9H11BrFO3P. The lowest BCUT2D eigenvalue weighted by atomic mass is 10.2. The Morgan fingerprint density at radius 3 is 2.13 bits per heavy atom. The minimum absolute atomic E-state index is 0.192. The van der Waals surface area contributed by atoms with Gasteiger partial charge in [0.25, 0.3) is 4.32 Å². The number of rotatable bonds is 4. The summed E-state index contributed by atoms with van der Waals surface area (Å²) in [6.07, 6.45) is 0. The van der Waals surface area contributed by atoms with E-state index in [1.807, 2.05) is 0 Å². The molecule has 1 aromatic rings. The Morgan fingerprint density at radius 1 is 1.27 bits per heavy atom. The highest BCUT2D eigenvalue weighted by Gasteiger charge is 2.50. The number of hydrogen-bond acceptors (Lipinski definition) is 3. The van der Waals surface area contributed by atoms with E-state index >= 15 is 0 Å². The van der Waals surface area contributed by atoms with Crippen molar-refractivity contribution < 1.29 is 18.0 Å². The fourth-order valence-corrected chi connectivity index (χ4v) is 3.31. The average molecular weight is 297 g/mol. The summed E-state index contributed by atoms with van der Waals surface area (Å²) in [5.74, 6) is 0. The first-order chi connectivity index (χ1) is 6.98. The summed E-state index contributed by atoms with van der Waals surface area (Å²) < 4.78 is 33.1. The second-order valence-electron chi connectivity index (χ2n) is 2.77. The maximum absolute atomic E-state index is 14.3. The molecule has 1 atom stereocenters. The highest BCUT2D eigenvalue weighted by atomic mass is 79.9. The van der Waals surface area contributed by atoms with Crippen molar-refractivity contribution in [2.24, 2.45) is 0 Å². The van der Waals surface area contributed by atoms with Crippen LogP contribution in [0.2, 0.25) is 0 Å². The molecule has 84 valence electrons. The van der Waals surface area contributed by atoms with Crippen LogP contribution in [0.25, 0.3) is 0 Å². The average Bonchev–Trinajstić information content (AvgIpc) is 2.29. The highest BCUT2D eigenvalue weighted by Crippen LogP contribution is 2.68. The Labute approximate surface area is 96.2 Å². The van der Waals surface area contributed by atoms with Gasteiger partial charge in [0.2, 0.25) is 0 Å². The fourth-order valence-electron chi connectivity index (χ4n) is 1.10. The lowest BCUT2D eigenvalue weighted by molar-refractivity contribution is 0.224. The first-order valence-corrected chi connectivity index (χ1v) is 6.46. The van der Waals surface area contributed by atoms with Gasteiger partial charge < -0.3 is 9.05 Å². The van der Waals surface area contributed by atoms with Gasteiger partial charge in [-0.25, -0.2) is 4.39 Å². The zero-order valence-corrected chi connectivity index (χ0v) is 10.8. The first-order valence-electron chi connectivity index (χ1n) is 4.13. The van der Waals surface area contributed by atoms with E-state index in [0.29, 0.717) is 0 Å². The minimum atomic E-state index is -3.86. The normalized spacial score (nSPS) is 16.0. The van der Waals surface area contributed by atoms with E-state index in [4.69, 9.17) is 0 Å². The van der Waals surface area contributed by atoms with Gasteiger partial charge in [-0.05, 0) is 15.9 Å². The molecule has 0 saturated carbocycles. The fraction of sp³-hybridized carbons (Fsp3) is 0.333. The van der Waals surface area contributed by atoms with E-state index in [1.165, 1.54) is 12.1 Å². The molecule has 0 saturated heterocycles. The molecule has 0 N–H and O–H groups in total. The molecule has 0 aliphatic rings. The smallest absolute Gasteiger partial charge is 0.309 e. The molecule has 0 heterocycles. The number of hydrogen-bond donors (Lipinski definition) is 0. The zero-order valence-electron chi connectivity index (χ0n) is 8.31. The van der Waals surface area contributed by atoms with Crippen molar-refractivity contribution in [2.75, 3.05) is 14.2 Å². The van der Waals surface area contributed by atoms with Gasteiger partial charge in [-0.15, -0.1) is 0 Å². The van der Waals surface area contributed by atoms with E-state index < -0.39 is 11.9 Å². The summed E-state index contributed by atoms with van der Waals surface area (Å²) in [5.41, 5.74) is 0.192. The van der Waals surface area contributed by atoms with E-state index in [-0.39, 0.29) is 5.56 Å². The van der Waals surface area contributed by atoms with Crippen LogP contribution < -0.4 is 0 Å². The molecule has 3 nitrogen and oxygen atoms in total. The topological polar surface area (TPSA) is 35.5 Å². The van der Waals surface area contributed by atoms with Gasteiger partial charge in [0.1, 0.15) is 0 Å². The van der Waals surface area contributed by atoms with Crippen LogP contribution in [0.5, 0.6) is 0 Å². The van der Waals surface area contributed by atoms with Gasteiger partial charge in [0.05, 0.1) is 0 Å². The summed E-state index contributed by atoms with van der Waals surface area (Å²) >= 11 is 2.75. The van der Waals surface area contributed by atoms with Crippen molar-refractivity contribution in [3.8, 4) is 0 Å². The van der Waals surface area contributed by atoms with E-state index in [1.54, 1.807) is 18.2 Å². The van der Waals surface area contributed by atoms with E-state index in [2.05, 4.69) is 25.0 Å². The van der Waals surface area contributed by atoms with Crippen LogP contribution in [0.15, 0.2) is 30.3 Å². The van der Waals surface area contributed by atoms with Gasteiger partial charge in [0.15, 0.2) is 0 Å². The van der Waals surface area contributed by atoms with Crippen LogP contribution in [0, 0.1) is 0 Å². The Bertz CT molecular complexity index is 361. The summed E-state index contributed by atoms with van der Waals surface area (Å²) in [4.78, 5) is 0. The Kier molecular flexibility index (Phi) is 4.06. The Morgan fingerprint density at radius 2 is 1.73 bits per heavy atom. The predicted molar refractivity (Wildman–Crippen MR) is 59.8 cm³/mol. The molecular weight excluding hydrogens is 286 g/mol. The van der Waals surface area contributed by atoms with Crippen LogP contribution in [0.1, 0.15) is 5.56 Å². The predicted octanol–water partition coefficient (Wildman–Crippen LogP) is 3.65. The van der Waals surface area contributed by atoms with Crippen LogP contribution in [0.3, 0.4) is 0 Å². The molecule has 0 aliphatic carbocycles. The molecule has 1 aromatic carbocycles. The van der Waals surface area contributed by atoms with E-state index in [9.17, 15) is 8.96 Å². The number of alkyl halides is 2. The molecule has 6 heteroatoms.